The van der Waals surface area contributed by atoms with Crippen molar-refractivity contribution in [3.05, 3.63) is 72.0 Å². The summed E-state index contributed by atoms with van der Waals surface area (Å²) in [6.45, 7) is 0.215. The van der Waals surface area contributed by atoms with Gasteiger partial charge in [0.25, 0.3) is 0 Å². The van der Waals surface area contributed by atoms with Gasteiger partial charge in [0.1, 0.15) is 0 Å². The van der Waals surface area contributed by atoms with E-state index >= 15 is 0 Å². The molecule has 1 saturated carbocycles. The number of nitrogens with zero attached hydrogens (tertiary/aromatic N) is 2. The molecule has 1 aliphatic heterocycles. The Kier molecular flexibility index (Phi) is 7.14. The molecule has 0 radical (unpaired) electrons. The van der Waals surface area contributed by atoms with E-state index in [0.717, 1.165) is 18.5 Å². The lowest BCUT2D eigenvalue weighted by atomic mass is 9.83. The van der Waals surface area contributed by atoms with Crippen molar-refractivity contribution in [3.8, 4) is 0 Å². The highest BCUT2D eigenvalue weighted by molar-refractivity contribution is 5.90. The summed E-state index contributed by atoms with van der Waals surface area (Å²) in [6.07, 6.45) is 2.51. The van der Waals surface area contributed by atoms with E-state index in [2.05, 4.69) is 10.2 Å². The fraction of sp³-hybridized carbons (Fsp3) is 0.360. The topological polar surface area (TPSA) is 95.8 Å². The number of hydrogen-bond acceptors (Lipinski definition) is 8. The highest BCUT2D eigenvalue weighted by Gasteiger charge is 2.48. The van der Waals surface area contributed by atoms with Crippen LogP contribution in [0.15, 0.2) is 76.7 Å². The zero-order chi connectivity index (χ0) is 23.2. The normalized spacial score (nSPS) is 24.0. The maximum absolute atomic E-state index is 12.6. The predicted octanol–water partition coefficient (Wildman–Crippen LogP) is 4.96. The molecule has 8 heteroatoms. The zero-order valence-electron chi connectivity index (χ0n) is 18.5. The standard InChI is InChI=1S/C25H26N2O6/c1-30-24(29)21-15-33-25(31-2)22-17(10-13-20(21)22)14-32-23(28)16-8-11-19(12-9-16)27-26-18-6-4-3-5-7-18/h3-9,11-12,15,17,20,22,25H,10,13-14H2,1-2H3/b27-26+. The molecule has 1 fully saturated rings. The van der Waals surface area contributed by atoms with Crippen LogP contribution in [0.25, 0.3) is 0 Å². The van der Waals surface area contributed by atoms with E-state index < -0.39 is 18.2 Å². The molecule has 2 aromatic carbocycles. The summed E-state index contributed by atoms with van der Waals surface area (Å²) in [7, 11) is 2.92. The summed E-state index contributed by atoms with van der Waals surface area (Å²) in [6, 6.07) is 16.2. The van der Waals surface area contributed by atoms with E-state index in [0.29, 0.717) is 16.8 Å². The van der Waals surface area contributed by atoms with E-state index in [1.807, 2.05) is 30.3 Å². The van der Waals surface area contributed by atoms with Crippen LogP contribution in [0.3, 0.4) is 0 Å². The number of azo groups is 1. The first kappa shape index (κ1) is 22.7. The summed E-state index contributed by atoms with van der Waals surface area (Å²) in [5.41, 5.74) is 2.33. The molecule has 0 saturated heterocycles. The monoisotopic (exact) mass is 450 g/mol. The van der Waals surface area contributed by atoms with Crippen molar-refractivity contribution in [1.82, 2.24) is 0 Å². The van der Waals surface area contributed by atoms with Gasteiger partial charge in [-0.15, -0.1) is 0 Å². The smallest absolute Gasteiger partial charge is 0.338 e. The van der Waals surface area contributed by atoms with Crippen LogP contribution in [0.5, 0.6) is 0 Å². The Morgan fingerprint density at radius 3 is 2.30 bits per heavy atom. The summed E-state index contributed by atoms with van der Waals surface area (Å²) >= 11 is 0. The molecule has 33 heavy (non-hydrogen) atoms. The Hall–Kier alpha value is -3.52. The molecule has 1 aliphatic carbocycles. The van der Waals surface area contributed by atoms with Crippen LogP contribution in [-0.2, 0) is 23.7 Å². The molecule has 1 heterocycles. The van der Waals surface area contributed by atoms with Crippen LogP contribution >= 0.6 is 0 Å². The number of carbonyl (C=O) groups is 2. The molecule has 8 nitrogen and oxygen atoms in total. The molecule has 4 atom stereocenters. The van der Waals surface area contributed by atoms with Gasteiger partial charge in [0, 0.05) is 24.9 Å². The van der Waals surface area contributed by atoms with Crippen molar-refractivity contribution in [1.29, 1.82) is 0 Å². The molecule has 4 unspecified atom stereocenters. The van der Waals surface area contributed by atoms with Crippen molar-refractivity contribution < 1.29 is 28.5 Å². The van der Waals surface area contributed by atoms with E-state index in [9.17, 15) is 9.59 Å². The third kappa shape index (κ3) is 5.12. The number of fused-ring (bicyclic) bond motifs is 1. The van der Waals surface area contributed by atoms with Crippen LogP contribution < -0.4 is 0 Å². The van der Waals surface area contributed by atoms with Gasteiger partial charge in [-0.1, -0.05) is 18.2 Å². The van der Waals surface area contributed by atoms with Gasteiger partial charge in [0.15, 0.2) is 0 Å². The average molecular weight is 450 g/mol. The van der Waals surface area contributed by atoms with Gasteiger partial charge in [0.2, 0.25) is 6.29 Å². The molecule has 0 bridgehead atoms. The van der Waals surface area contributed by atoms with Crippen LogP contribution in [0.2, 0.25) is 0 Å². The molecular formula is C25H26N2O6. The summed E-state index contributed by atoms with van der Waals surface area (Å²) in [4.78, 5) is 24.7. The number of esters is 2. The van der Waals surface area contributed by atoms with Gasteiger partial charge in [-0.05, 0) is 49.2 Å². The second-order valence-electron chi connectivity index (χ2n) is 8.01. The van der Waals surface area contributed by atoms with Gasteiger partial charge in [-0.2, -0.15) is 10.2 Å². The second kappa shape index (κ2) is 10.4. The van der Waals surface area contributed by atoms with Crippen LogP contribution in [0.1, 0.15) is 23.2 Å². The van der Waals surface area contributed by atoms with E-state index in [4.69, 9.17) is 18.9 Å². The largest absolute Gasteiger partial charge is 0.472 e. The first-order chi connectivity index (χ1) is 16.1. The molecule has 0 N–H and O–H groups in total. The Morgan fingerprint density at radius 2 is 1.64 bits per heavy atom. The maximum Gasteiger partial charge on any atom is 0.338 e. The van der Waals surface area contributed by atoms with Crippen molar-refractivity contribution in [2.45, 2.75) is 19.1 Å². The lowest BCUT2D eigenvalue weighted by molar-refractivity contribution is -0.157. The first-order valence-electron chi connectivity index (χ1n) is 10.8. The maximum atomic E-state index is 12.6. The first-order valence-corrected chi connectivity index (χ1v) is 10.8. The number of carbonyl (C=O) groups excluding carboxylic acids is 2. The molecular weight excluding hydrogens is 424 g/mol. The lowest BCUT2D eigenvalue weighted by Crippen LogP contribution is -2.39. The Bertz CT molecular complexity index is 1030. The Morgan fingerprint density at radius 1 is 0.939 bits per heavy atom. The molecule has 172 valence electrons. The molecule has 4 rings (SSSR count). The van der Waals surface area contributed by atoms with E-state index in [-0.39, 0.29) is 24.4 Å². The number of hydrogen-bond donors (Lipinski definition) is 0. The number of ether oxygens (including phenoxy) is 4. The van der Waals surface area contributed by atoms with Gasteiger partial charge in [0.05, 0.1) is 42.5 Å². The molecule has 0 amide bonds. The van der Waals surface area contributed by atoms with Gasteiger partial charge < -0.3 is 18.9 Å². The minimum atomic E-state index is -0.496. The summed E-state index contributed by atoms with van der Waals surface area (Å²) in [5.74, 6) is -0.950. The Balaban J connectivity index is 1.36. The third-order valence-electron chi connectivity index (χ3n) is 6.12. The quantitative estimate of drug-likeness (QED) is 0.437. The second-order valence-corrected chi connectivity index (χ2v) is 8.01. The average Bonchev–Trinajstić information content (AvgIpc) is 3.30. The van der Waals surface area contributed by atoms with Gasteiger partial charge in [-0.3, -0.25) is 0 Å². The molecule has 2 aliphatic rings. The summed E-state index contributed by atoms with van der Waals surface area (Å²) in [5, 5.41) is 8.34. The molecule has 0 aromatic heterocycles. The molecule has 2 aromatic rings. The third-order valence-corrected chi connectivity index (χ3v) is 6.12. The van der Waals surface area contributed by atoms with Crippen molar-refractivity contribution in [2.24, 2.45) is 28.0 Å². The highest BCUT2D eigenvalue weighted by Crippen LogP contribution is 2.47. The minimum Gasteiger partial charge on any atom is -0.472 e. The number of benzene rings is 2. The SMILES string of the molecule is COC(=O)C1=COC(OC)C2C(COC(=O)c3ccc(/N=N/c4ccccc4)cc3)CCC12. The highest BCUT2D eigenvalue weighted by atomic mass is 16.7. The fourth-order valence-electron chi connectivity index (χ4n) is 4.47. The van der Waals surface area contributed by atoms with E-state index in [1.165, 1.54) is 13.4 Å². The fourth-order valence-corrected chi connectivity index (χ4v) is 4.47. The van der Waals surface area contributed by atoms with Crippen LogP contribution in [0.4, 0.5) is 11.4 Å². The van der Waals surface area contributed by atoms with Gasteiger partial charge >= 0.3 is 11.9 Å². The Labute approximate surface area is 192 Å². The van der Waals surface area contributed by atoms with Crippen LogP contribution in [0, 0.1) is 17.8 Å². The van der Waals surface area contributed by atoms with Gasteiger partial charge in [-0.25, -0.2) is 9.59 Å². The molecule has 0 spiro atoms. The zero-order valence-corrected chi connectivity index (χ0v) is 18.5. The van der Waals surface area contributed by atoms with Crippen molar-refractivity contribution in [2.75, 3.05) is 20.8 Å². The number of rotatable bonds is 7. The number of methoxy groups -OCH3 is 2. The van der Waals surface area contributed by atoms with E-state index in [1.54, 1.807) is 31.4 Å². The lowest BCUT2D eigenvalue weighted by Gasteiger charge is -2.34. The van der Waals surface area contributed by atoms with Crippen LogP contribution in [-0.4, -0.2) is 39.1 Å². The van der Waals surface area contributed by atoms with Crippen molar-refractivity contribution in [3.63, 3.8) is 0 Å². The predicted molar refractivity (Wildman–Crippen MR) is 119 cm³/mol. The van der Waals surface area contributed by atoms with Crippen molar-refractivity contribution >= 4 is 23.3 Å². The summed E-state index contributed by atoms with van der Waals surface area (Å²) < 4.78 is 21.6. The minimum absolute atomic E-state index is 0.0104.